The van der Waals surface area contributed by atoms with Gasteiger partial charge < -0.3 is 92.8 Å². The maximum atomic E-state index is 13.5. The molecule has 0 bridgehead atoms. The van der Waals surface area contributed by atoms with Gasteiger partial charge in [0.05, 0.1) is 51.3 Å². The van der Waals surface area contributed by atoms with Gasteiger partial charge in [-0.25, -0.2) is 15.0 Å². The molecule has 0 saturated heterocycles. The Morgan fingerprint density at radius 1 is 0.384 bits per heavy atom. The molecule has 8 aromatic rings. The van der Waals surface area contributed by atoms with E-state index in [4.69, 9.17) is 0 Å². The zero-order chi connectivity index (χ0) is 62.3. The molecule has 10 N–H and O–H groups in total. The average Bonchev–Trinajstić information content (AvgIpc) is 4.56. The van der Waals surface area contributed by atoms with E-state index in [1.54, 1.807) is 113 Å². The minimum Gasteiger partial charge on any atom is -0.351 e. The second kappa shape index (κ2) is 26.5. The highest BCUT2D eigenvalue weighted by molar-refractivity contribution is 14.1. The van der Waals surface area contributed by atoms with Crippen LogP contribution < -0.4 is 51.4 Å². The number of carbonyl (C=O) groups excluding carboxylic acids is 9. The molecule has 0 aliphatic carbocycles. The summed E-state index contributed by atoms with van der Waals surface area (Å²) in [5.74, 6) is -4.40. The third kappa shape index (κ3) is 14.9. The zero-order valence-electron chi connectivity index (χ0n) is 48.7. The van der Waals surface area contributed by atoms with Gasteiger partial charge in [0, 0.05) is 125 Å². The highest BCUT2D eigenvalue weighted by atomic mass is 127. The zero-order valence-corrected chi connectivity index (χ0v) is 50.8. The average molecular weight is 1290 g/mol. The summed E-state index contributed by atoms with van der Waals surface area (Å²) >= 11 is 1.96. The van der Waals surface area contributed by atoms with Crippen LogP contribution in [0.2, 0.25) is 0 Å². The summed E-state index contributed by atoms with van der Waals surface area (Å²) in [4.78, 5) is 133. The Morgan fingerprint density at radius 2 is 0.698 bits per heavy atom. The first-order valence-electron chi connectivity index (χ1n) is 26.5. The van der Waals surface area contributed by atoms with Crippen molar-refractivity contribution in [2.24, 2.45) is 56.4 Å². The molecule has 0 unspecified atom stereocenters. The van der Waals surface area contributed by atoms with Gasteiger partial charge in [0.2, 0.25) is 23.4 Å². The van der Waals surface area contributed by atoms with Crippen LogP contribution in [0.25, 0.3) is 0 Å². The maximum absolute atomic E-state index is 13.5. The summed E-state index contributed by atoms with van der Waals surface area (Å²) in [6.07, 6.45) is 13.5. The Bertz CT molecular complexity index is 3930. The van der Waals surface area contributed by atoms with Crippen molar-refractivity contribution < 1.29 is 43.2 Å². The molecular formula is C54H65IN22O9. The van der Waals surface area contributed by atoms with Crippen LogP contribution >= 0.6 is 22.9 Å². The van der Waals surface area contributed by atoms with E-state index in [1.807, 2.05) is 41.9 Å². The molecule has 452 valence electrons. The van der Waals surface area contributed by atoms with E-state index in [9.17, 15) is 43.2 Å². The van der Waals surface area contributed by atoms with E-state index in [0.717, 1.165) is 18.7 Å². The van der Waals surface area contributed by atoms with Gasteiger partial charge in [-0.2, -0.15) is 0 Å². The highest BCUT2D eigenvalue weighted by Crippen LogP contribution is 2.23. The Labute approximate surface area is 505 Å². The molecule has 0 radical (unpaired) electrons. The summed E-state index contributed by atoms with van der Waals surface area (Å²) in [5.41, 5.74) is 3.56. The molecule has 0 saturated carbocycles. The summed E-state index contributed by atoms with van der Waals surface area (Å²) < 4.78 is 15.1. The number of rotatable bonds is 24. The number of nitrogens with one attached hydrogen (secondary N) is 10. The number of nitrogens with zero attached hydrogens (tertiary/aromatic N) is 12. The van der Waals surface area contributed by atoms with Gasteiger partial charge in [0.1, 0.15) is 28.5 Å². The molecule has 32 heteroatoms. The number of hydrogen-bond donors (Lipinski definition) is 10. The molecule has 0 fully saturated rings. The minimum absolute atomic E-state index is 0.0122. The van der Waals surface area contributed by atoms with Crippen LogP contribution in [-0.4, -0.2) is 143 Å². The topological polar surface area (TPSA) is 355 Å². The molecule has 31 nitrogen and oxygen atoms in total. The third-order valence-corrected chi connectivity index (χ3v) is 13.9. The fourth-order valence-electron chi connectivity index (χ4n) is 9.04. The second-order valence-corrected chi connectivity index (χ2v) is 21.0. The standard InChI is InChI=1S/C54H65IN22O9/c1-69(2)16-12-15-56-47(79)35-18-31(23-70(35)3)59-49(81)37-20-33(25-72(37)5)61-50(82)38-19-32(24-73(38)6)60-48(80)36-17-30(22-71(36)4)58-43(78)13-11-14-57-52(84)44-62-41(28-75(44)8)66-54(86)46-64-42(29-77(46)10)67-53(85)45-63-40(27-76(45)9)65-51(83)39-21-34(68-55)26-74(39)7/h17-29,68H,11-16H2,1-10H3,(H,56,79)(H,57,84)(H,58,78)(H,59,81)(H,60,80)(H,61,82)(H,65,83)(H,66,86)(H,67,85). The number of aromatic nitrogens is 11. The molecule has 0 spiro atoms. The number of imidazole rings is 3. The van der Waals surface area contributed by atoms with E-state index in [1.165, 1.54) is 59.6 Å². The van der Waals surface area contributed by atoms with Crippen molar-refractivity contribution in [1.29, 1.82) is 0 Å². The summed E-state index contributed by atoms with van der Waals surface area (Å²) in [5, 5.41) is 24.7. The van der Waals surface area contributed by atoms with E-state index in [0.29, 0.717) is 40.7 Å². The maximum Gasteiger partial charge on any atom is 0.292 e. The number of aryl methyl sites for hydroxylation is 8. The number of anilines is 8. The van der Waals surface area contributed by atoms with Crippen LogP contribution in [0.4, 0.5) is 45.9 Å². The predicted molar refractivity (Wildman–Crippen MR) is 328 cm³/mol. The van der Waals surface area contributed by atoms with Crippen LogP contribution in [0.1, 0.15) is 104 Å². The van der Waals surface area contributed by atoms with Crippen LogP contribution in [-0.2, 0) is 61.2 Å². The first-order valence-corrected chi connectivity index (χ1v) is 27.6. The van der Waals surface area contributed by atoms with Gasteiger partial charge in [0.15, 0.2) is 17.5 Å². The molecule has 0 aromatic carbocycles. The van der Waals surface area contributed by atoms with Gasteiger partial charge in [-0.1, -0.05) is 0 Å². The molecule has 8 rings (SSSR count). The van der Waals surface area contributed by atoms with E-state index < -0.39 is 41.4 Å². The highest BCUT2D eigenvalue weighted by Gasteiger charge is 2.24. The van der Waals surface area contributed by atoms with Crippen molar-refractivity contribution in [2.75, 3.05) is 74.5 Å². The lowest BCUT2D eigenvalue weighted by atomic mass is 10.3. The number of carbonyl (C=O) groups is 9. The van der Waals surface area contributed by atoms with Crippen molar-refractivity contribution in [3.05, 3.63) is 126 Å². The molecule has 8 aromatic heterocycles. The lowest BCUT2D eigenvalue weighted by molar-refractivity contribution is -0.116. The van der Waals surface area contributed by atoms with Crippen molar-refractivity contribution in [3.8, 4) is 0 Å². The first-order chi connectivity index (χ1) is 40.8. The monoisotopic (exact) mass is 1290 g/mol. The van der Waals surface area contributed by atoms with E-state index >= 15 is 0 Å². The van der Waals surface area contributed by atoms with Gasteiger partial charge in [0.25, 0.3) is 47.3 Å². The smallest absolute Gasteiger partial charge is 0.292 e. The minimum atomic E-state index is -0.688. The number of halogens is 1. The van der Waals surface area contributed by atoms with Crippen LogP contribution in [0.5, 0.6) is 0 Å². The lowest BCUT2D eigenvalue weighted by Crippen LogP contribution is -2.28. The first kappa shape index (κ1) is 61.8. The number of amides is 9. The quantitative estimate of drug-likeness (QED) is 0.0235. The summed E-state index contributed by atoms with van der Waals surface area (Å²) in [7, 11) is 17.0. The SMILES string of the molecule is CN(C)CCCNC(=O)c1cc(NC(=O)c2cc(NC(=O)c3cc(NC(=O)c4cc(NC(=O)CCCNC(=O)c5nc(NC(=O)c6nc(NC(=O)c7nc(NC(=O)c8cc(NI)cn8C)cn7C)cn6C)cn5C)cn4C)cn3C)cn2C)cn1C. The van der Waals surface area contributed by atoms with Crippen LogP contribution in [0.15, 0.2) is 79.9 Å². The Morgan fingerprint density at radius 3 is 1.08 bits per heavy atom. The second-order valence-electron chi connectivity index (χ2n) is 20.4. The molecule has 0 aliphatic rings. The summed E-state index contributed by atoms with van der Waals surface area (Å²) in [6.45, 7) is 1.44. The van der Waals surface area contributed by atoms with Gasteiger partial charge in [-0.05, 0) is 63.8 Å². The van der Waals surface area contributed by atoms with Crippen LogP contribution in [0, 0.1) is 0 Å². The Balaban J connectivity index is 0.758. The largest absolute Gasteiger partial charge is 0.351 e. The molecule has 0 aliphatic heterocycles. The number of hydrogen-bond acceptors (Lipinski definition) is 14. The van der Waals surface area contributed by atoms with Crippen molar-refractivity contribution >= 4 is 122 Å². The van der Waals surface area contributed by atoms with E-state index in [2.05, 4.69) is 66.3 Å². The molecule has 0 atom stereocenters. The van der Waals surface area contributed by atoms with Crippen LogP contribution in [0.3, 0.4) is 0 Å². The van der Waals surface area contributed by atoms with Crippen molar-refractivity contribution in [2.45, 2.75) is 19.3 Å². The Hall–Kier alpha value is -10.3. The van der Waals surface area contributed by atoms with Crippen molar-refractivity contribution in [3.63, 3.8) is 0 Å². The lowest BCUT2D eigenvalue weighted by Gasteiger charge is -2.10. The molecule has 86 heavy (non-hydrogen) atoms. The fraction of sp³-hybridized carbons (Fsp3) is 0.296. The Kier molecular flexibility index (Phi) is 19.1. The van der Waals surface area contributed by atoms with Crippen molar-refractivity contribution in [1.82, 2.24) is 67.0 Å². The van der Waals surface area contributed by atoms with Gasteiger partial charge in [-0.15, -0.1) is 0 Å². The molecule has 9 amide bonds. The fourth-order valence-corrected chi connectivity index (χ4v) is 9.34. The van der Waals surface area contributed by atoms with E-state index in [-0.39, 0.29) is 83.2 Å². The van der Waals surface area contributed by atoms with Gasteiger partial charge >= 0.3 is 0 Å². The third-order valence-electron chi connectivity index (χ3n) is 13.3. The molecule has 8 heterocycles. The normalized spacial score (nSPS) is 11.1. The van der Waals surface area contributed by atoms with Gasteiger partial charge in [-0.3, -0.25) is 43.2 Å². The summed E-state index contributed by atoms with van der Waals surface area (Å²) in [6, 6.07) is 7.76. The predicted octanol–water partition coefficient (Wildman–Crippen LogP) is 3.69. The molecular weight excluding hydrogens is 1230 g/mol.